The van der Waals surface area contributed by atoms with Gasteiger partial charge >= 0.3 is 0 Å². The minimum atomic E-state index is 0.641. The topological polar surface area (TPSA) is 40.2 Å². The van der Waals surface area contributed by atoms with Gasteiger partial charge in [0.2, 0.25) is 0 Å². The van der Waals surface area contributed by atoms with Gasteiger partial charge in [-0.2, -0.15) is 0 Å². The summed E-state index contributed by atoms with van der Waals surface area (Å²) >= 11 is 5.16. The Hall–Kier alpha value is -1.36. The molecule has 0 spiro atoms. The lowest BCUT2D eigenvalue weighted by atomic mass is 9.92. The van der Waals surface area contributed by atoms with Gasteiger partial charge in [0.05, 0.1) is 11.9 Å². The molecule has 4 nitrogen and oxygen atoms in total. The van der Waals surface area contributed by atoms with E-state index < -0.39 is 0 Å². The SMILES string of the molecule is CCNC(=S)Nc1ccc(N2C[C@H](C)C[C@H](C)C2)nc1. The van der Waals surface area contributed by atoms with E-state index >= 15 is 0 Å². The molecule has 1 saturated heterocycles. The Labute approximate surface area is 127 Å². The van der Waals surface area contributed by atoms with E-state index in [1.54, 1.807) is 0 Å². The Morgan fingerprint density at radius 1 is 1.35 bits per heavy atom. The lowest BCUT2D eigenvalue weighted by molar-refractivity contribution is 0.355. The second kappa shape index (κ2) is 6.88. The van der Waals surface area contributed by atoms with Crippen LogP contribution in [0.15, 0.2) is 18.3 Å². The number of piperidine rings is 1. The molecule has 2 rings (SSSR count). The maximum Gasteiger partial charge on any atom is 0.170 e. The van der Waals surface area contributed by atoms with Crippen molar-refractivity contribution in [3.8, 4) is 0 Å². The first-order valence-electron chi connectivity index (χ1n) is 7.34. The molecule has 0 radical (unpaired) electrons. The van der Waals surface area contributed by atoms with E-state index in [-0.39, 0.29) is 0 Å². The summed E-state index contributed by atoms with van der Waals surface area (Å²) in [5.41, 5.74) is 0.929. The van der Waals surface area contributed by atoms with Crippen molar-refractivity contribution in [2.24, 2.45) is 11.8 Å². The van der Waals surface area contributed by atoms with Gasteiger partial charge in [-0.1, -0.05) is 13.8 Å². The van der Waals surface area contributed by atoms with Crippen molar-refractivity contribution < 1.29 is 0 Å². The average Bonchev–Trinajstić information content (AvgIpc) is 2.38. The number of hydrogen-bond donors (Lipinski definition) is 2. The summed E-state index contributed by atoms with van der Waals surface area (Å²) in [6, 6.07) is 4.11. The van der Waals surface area contributed by atoms with Gasteiger partial charge in [-0.25, -0.2) is 4.98 Å². The number of hydrogen-bond acceptors (Lipinski definition) is 3. The molecule has 0 saturated carbocycles. The molecule has 0 amide bonds. The summed E-state index contributed by atoms with van der Waals surface area (Å²) in [7, 11) is 0. The molecule has 0 aromatic carbocycles. The van der Waals surface area contributed by atoms with Gasteiger partial charge in [0.15, 0.2) is 5.11 Å². The highest BCUT2D eigenvalue weighted by Gasteiger charge is 2.22. The fourth-order valence-corrected chi connectivity index (χ4v) is 3.10. The summed E-state index contributed by atoms with van der Waals surface area (Å²) in [4.78, 5) is 6.94. The molecular formula is C15H24N4S. The van der Waals surface area contributed by atoms with Crippen molar-refractivity contribution >= 4 is 28.8 Å². The number of aromatic nitrogens is 1. The molecule has 1 aliphatic rings. The quantitative estimate of drug-likeness (QED) is 0.838. The predicted octanol–water partition coefficient (Wildman–Crippen LogP) is 2.87. The van der Waals surface area contributed by atoms with Crippen LogP contribution >= 0.6 is 12.2 Å². The van der Waals surface area contributed by atoms with Crippen LogP contribution in [0.1, 0.15) is 27.2 Å². The van der Waals surface area contributed by atoms with Crippen LogP contribution in [0.3, 0.4) is 0 Å². The molecule has 2 N–H and O–H groups in total. The zero-order valence-corrected chi connectivity index (χ0v) is 13.3. The van der Waals surface area contributed by atoms with Crippen molar-refractivity contribution in [1.29, 1.82) is 0 Å². The third-order valence-electron chi connectivity index (χ3n) is 3.54. The normalized spacial score (nSPS) is 22.4. The maximum absolute atomic E-state index is 5.16. The van der Waals surface area contributed by atoms with E-state index in [2.05, 4.69) is 40.4 Å². The van der Waals surface area contributed by atoms with Crippen molar-refractivity contribution in [1.82, 2.24) is 10.3 Å². The lowest BCUT2D eigenvalue weighted by Crippen LogP contribution is -2.39. The molecular weight excluding hydrogens is 268 g/mol. The third kappa shape index (κ3) is 4.07. The standard InChI is InChI=1S/C15H24N4S/c1-4-16-15(20)18-13-5-6-14(17-8-13)19-9-11(2)7-12(3)10-19/h5-6,8,11-12H,4,7,9-10H2,1-3H3,(H2,16,18,20)/t11-,12+. The fraction of sp³-hybridized carbons (Fsp3) is 0.600. The number of anilines is 2. The Balaban J connectivity index is 1.99. The van der Waals surface area contributed by atoms with Crippen LogP contribution < -0.4 is 15.5 Å². The minimum Gasteiger partial charge on any atom is -0.363 e. The Morgan fingerprint density at radius 2 is 2.05 bits per heavy atom. The lowest BCUT2D eigenvalue weighted by Gasteiger charge is -2.35. The highest BCUT2D eigenvalue weighted by molar-refractivity contribution is 7.80. The smallest absolute Gasteiger partial charge is 0.170 e. The predicted molar refractivity (Wildman–Crippen MR) is 89.3 cm³/mol. The molecule has 0 unspecified atom stereocenters. The Bertz CT molecular complexity index is 436. The van der Waals surface area contributed by atoms with E-state index in [0.717, 1.165) is 43.0 Å². The average molecular weight is 292 g/mol. The molecule has 1 fully saturated rings. The molecule has 1 aromatic rings. The van der Waals surface area contributed by atoms with Crippen molar-refractivity contribution in [2.75, 3.05) is 29.9 Å². The zero-order valence-electron chi connectivity index (χ0n) is 12.5. The zero-order chi connectivity index (χ0) is 14.5. The van der Waals surface area contributed by atoms with Crippen LogP contribution in [-0.2, 0) is 0 Å². The van der Waals surface area contributed by atoms with Crippen LogP contribution in [-0.4, -0.2) is 29.7 Å². The number of nitrogens with one attached hydrogen (secondary N) is 2. The number of thiocarbonyl (C=S) groups is 1. The van der Waals surface area contributed by atoms with Crippen molar-refractivity contribution in [3.63, 3.8) is 0 Å². The van der Waals surface area contributed by atoms with Gasteiger partial charge in [-0.3, -0.25) is 0 Å². The molecule has 5 heteroatoms. The minimum absolute atomic E-state index is 0.641. The van der Waals surface area contributed by atoms with E-state index in [1.807, 2.05) is 19.2 Å². The van der Waals surface area contributed by atoms with E-state index in [4.69, 9.17) is 12.2 Å². The first kappa shape index (κ1) is 15.0. The third-order valence-corrected chi connectivity index (χ3v) is 3.78. The first-order valence-corrected chi connectivity index (χ1v) is 7.75. The fourth-order valence-electron chi connectivity index (χ4n) is 2.83. The summed E-state index contributed by atoms with van der Waals surface area (Å²) in [6.45, 7) is 9.66. The summed E-state index contributed by atoms with van der Waals surface area (Å²) < 4.78 is 0. The molecule has 1 aromatic heterocycles. The largest absolute Gasteiger partial charge is 0.363 e. The van der Waals surface area contributed by atoms with Gasteiger partial charge in [0.25, 0.3) is 0 Å². The maximum atomic E-state index is 5.16. The number of pyridine rings is 1. The van der Waals surface area contributed by atoms with E-state index in [9.17, 15) is 0 Å². The highest BCUT2D eigenvalue weighted by atomic mass is 32.1. The van der Waals surface area contributed by atoms with Gasteiger partial charge in [-0.05, 0) is 49.5 Å². The number of rotatable bonds is 3. The Kier molecular flexibility index (Phi) is 5.17. The van der Waals surface area contributed by atoms with Crippen LogP contribution in [0.5, 0.6) is 0 Å². The van der Waals surface area contributed by atoms with Gasteiger partial charge in [-0.15, -0.1) is 0 Å². The van der Waals surface area contributed by atoms with Gasteiger partial charge in [0.1, 0.15) is 5.82 Å². The highest BCUT2D eigenvalue weighted by Crippen LogP contribution is 2.25. The summed E-state index contributed by atoms with van der Waals surface area (Å²) in [6.07, 6.45) is 3.16. The van der Waals surface area contributed by atoms with Crippen LogP contribution in [0, 0.1) is 11.8 Å². The van der Waals surface area contributed by atoms with Crippen LogP contribution in [0.25, 0.3) is 0 Å². The van der Waals surface area contributed by atoms with Crippen LogP contribution in [0.2, 0.25) is 0 Å². The van der Waals surface area contributed by atoms with E-state index in [0.29, 0.717) is 5.11 Å². The molecule has 2 atom stereocenters. The summed E-state index contributed by atoms with van der Waals surface area (Å²) in [5, 5.41) is 6.84. The van der Waals surface area contributed by atoms with Crippen molar-refractivity contribution in [3.05, 3.63) is 18.3 Å². The van der Waals surface area contributed by atoms with Gasteiger partial charge < -0.3 is 15.5 Å². The molecule has 0 aliphatic carbocycles. The number of nitrogens with zero attached hydrogens (tertiary/aromatic N) is 2. The molecule has 0 bridgehead atoms. The summed E-state index contributed by atoms with van der Waals surface area (Å²) in [5.74, 6) is 2.53. The van der Waals surface area contributed by atoms with Crippen molar-refractivity contribution in [2.45, 2.75) is 27.2 Å². The van der Waals surface area contributed by atoms with Crippen LogP contribution in [0.4, 0.5) is 11.5 Å². The first-order chi connectivity index (χ1) is 9.58. The van der Waals surface area contributed by atoms with E-state index in [1.165, 1.54) is 6.42 Å². The molecule has 110 valence electrons. The second-order valence-electron chi connectivity index (χ2n) is 5.74. The molecule has 2 heterocycles. The monoisotopic (exact) mass is 292 g/mol. The van der Waals surface area contributed by atoms with Gasteiger partial charge in [0, 0.05) is 19.6 Å². The molecule has 20 heavy (non-hydrogen) atoms. The Morgan fingerprint density at radius 3 is 2.60 bits per heavy atom. The second-order valence-corrected chi connectivity index (χ2v) is 6.15. The molecule has 1 aliphatic heterocycles.